The van der Waals surface area contributed by atoms with Crippen LogP contribution in [0, 0.1) is 5.92 Å². The molecule has 1 aliphatic rings. The minimum Gasteiger partial charge on any atom is -0.390 e. The lowest BCUT2D eigenvalue weighted by molar-refractivity contribution is 0.0790. The highest BCUT2D eigenvalue weighted by atomic mass is 16.3. The maximum absolute atomic E-state index is 12.1. The first-order valence-corrected chi connectivity index (χ1v) is 7.82. The van der Waals surface area contributed by atoms with Gasteiger partial charge in [0.15, 0.2) is 0 Å². The first-order chi connectivity index (χ1) is 10.5. The standard InChI is InChI=1S/C16H25N3O3/c1-12-6-8-19(9-7-12)11-13(20)10-17-16(22)14-4-3-5-15(21)18(14)2/h3-5,12-13,20H,6-11H2,1-2H3,(H,17,22). The first kappa shape index (κ1) is 16.7. The number of carbonyl (C=O) groups is 1. The van der Waals surface area contributed by atoms with Gasteiger partial charge in [0.05, 0.1) is 6.10 Å². The van der Waals surface area contributed by atoms with Crippen molar-refractivity contribution in [2.45, 2.75) is 25.9 Å². The highest BCUT2D eigenvalue weighted by Gasteiger charge is 2.19. The lowest BCUT2D eigenvalue weighted by Crippen LogP contribution is -2.43. The van der Waals surface area contributed by atoms with Crippen molar-refractivity contribution in [3.05, 3.63) is 34.2 Å². The molecular weight excluding hydrogens is 282 g/mol. The van der Waals surface area contributed by atoms with Crippen LogP contribution in [0.5, 0.6) is 0 Å². The van der Waals surface area contributed by atoms with Crippen molar-refractivity contribution >= 4 is 5.91 Å². The van der Waals surface area contributed by atoms with Crippen molar-refractivity contribution in [1.29, 1.82) is 0 Å². The van der Waals surface area contributed by atoms with Gasteiger partial charge in [-0.1, -0.05) is 13.0 Å². The zero-order chi connectivity index (χ0) is 16.1. The zero-order valence-electron chi connectivity index (χ0n) is 13.3. The molecule has 6 nitrogen and oxygen atoms in total. The Morgan fingerprint density at radius 3 is 2.77 bits per heavy atom. The Kier molecular flexibility index (Phi) is 5.74. The molecule has 2 rings (SSSR count). The first-order valence-electron chi connectivity index (χ1n) is 7.82. The number of hydrogen-bond donors (Lipinski definition) is 2. The molecule has 1 unspecified atom stereocenters. The Hall–Kier alpha value is -1.66. The van der Waals surface area contributed by atoms with E-state index in [0.29, 0.717) is 12.2 Å². The number of nitrogens with one attached hydrogen (secondary N) is 1. The van der Waals surface area contributed by atoms with E-state index < -0.39 is 6.10 Å². The summed E-state index contributed by atoms with van der Waals surface area (Å²) >= 11 is 0. The molecule has 2 heterocycles. The second kappa shape index (κ2) is 7.56. The van der Waals surface area contributed by atoms with Crippen LogP contribution in [-0.4, -0.2) is 52.8 Å². The van der Waals surface area contributed by atoms with E-state index in [9.17, 15) is 14.7 Å². The minimum atomic E-state index is -0.599. The number of likely N-dealkylation sites (tertiary alicyclic amines) is 1. The van der Waals surface area contributed by atoms with Gasteiger partial charge in [0.2, 0.25) is 0 Å². The van der Waals surface area contributed by atoms with Gasteiger partial charge in [-0.3, -0.25) is 9.59 Å². The molecule has 2 N–H and O–H groups in total. The Labute approximate surface area is 130 Å². The van der Waals surface area contributed by atoms with Gasteiger partial charge >= 0.3 is 0 Å². The molecule has 0 bridgehead atoms. The van der Waals surface area contributed by atoms with Crippen molar-refractivity contribution in [3.63, 3.8) is 0 Å². The summed E-state index contributed by atoms with van der Waals surface area (Å²) in [5.41, 5.74) is 0.0714. The fourth-order valence-corrected chi connectivity index (χ4v) is 2.70. The van der Waals surface area contributed by atoms with E-state index in [-0.39, 0.29) is 18.0 Å². The van der Waals surface area contributed by atoms with E-state index in [1.54, 1.807) is 19.2 Å². The van der Waals surface area contributed by atoms with Gasteiger partial charge in [-0.15, -0.1) is 0 Å². The van der Waals surface area contributed by atoms with E-state index in [4.69, 9.17) is 0 Å². The number of rotatable bonds is 5. The van der Waals surface area contributed by atoms with Crippen molar-refractivity contribution in [3.8, 4) is 0 Å². The number of aliphatic hydroxyl groups excluding tert-OH is 1. The third kappa shape index (κ3) is 4.42. The Morgan fingerprint density at radius 2 is 2.09 bits per heavy atom. The molecular formula is C16H25N3O3. The zero-order valence-corrected chi connectivity index (χ0v) is 13.3. The number of amides is 1. The summed E-state index contributed by atoms with van der Waals surface area (Å²) in [5, 5.41) is 12.8. The molecule has 1 aliphatic heterocycles. The van der Waals surface area contributed by atoms with E-state index in [1.165, 1.54) is 10.6 Å². The van der Waals surface area contributed by atoms with Crippen LogP contribution >= 0.6 is 0 Å². The SMILES string of the molecule is CC1CCN(CC(O)CNC(=O)c2cccc(=O)n2C)CC1. The molecule has 0 spiro atoms. The normalized spacial score (nSPS) is 18.1. The lowest BCUT2D eigenvalue weighted by atomic mass is 9.99. The Morgan fingerprint density at radius 1 is 1.41 bits per heavy atom. The van der Waals surface area contributed by atoms with Gasteiger partial charge in [-0.2, -0.15) is 0 Å². The van der Waals surface area contributed by atoms with Crippen LogP contribution in [0.2, 0.25) is 0 Å². The van der Waals surface area contributed by atoms with Gasteiger partial charge in [-0.25, -0.2) is 0 Å². The average Bonchev–Trinajstić information content (AvgIpc) is 2.50. The van der Waals surface area contributed by atoms with Crippen LogP contribution < -0.4 is 10.9 Å². The summed E-state index contributed by atoms with van der Waals surface area (Å²) in [5.74, 6) is 0.416. The van der Waals surface area contributed by atoms with Crippen molar-refractivity contribution in [1.82, 2.24) is 14.8 Å². The molecule has 0 aromatic carbocycles. The van der Waals surface area contributed by atoms with Crippen LogP contribution in [0.25, 0.3) is 0 Å². The predicted octanol–water partition coefficient (Wildman–Crippen LogP) is 0.208. The number of hydrogen-bond acceptors (Lipinski definition) is 4. The number of aliphatic hydroxyl groups is 1. The molecule has 0 radical (unpaired) electrons. The van der Waals surface area contributed by atoms with E-state index in [2.05, 4.69) is 17.1 Å². The molecule has 6 heteroatoms. The Balaban J connectivity index is 1.80. The summed E-state index contributed by atoms with van der Waals surface area (Å²) in [6.45, 7) is 5.01. The van der Waals surface area contributed by atoms with Gasteiger partial charge in [0, 0.05) is 26.2 Å². The number of pyridine rings is 1. The van der Waals surface area contributed by atoms with Crippen LogP contribution in [0.3, 0.4) is 0 Å². The van der Waals surface area contributed by atoms with Crippen LogP contribution in [0.1, 0.15) is 30.3 Å². The molecule has 1 aromatic heterocycles. The average molecular weight is 307 g/mol. The lowest BCUT2D eigenvalue weighted by Gasteiger charge is -2.31. The second-order valence-corrected chi connectivity index (χ2v) is 6.16. The number of nitrogens with zero attached hydrogens (tertiary/aromatic N) is 2. The fourth-order valence-electron chi connectivity index (χ4n) is 2.70. The maximum atomic E-state index is 12.1. The second-order valence-electron chi connectivity index (χ2n) is 6.16. The summed E-state index contributed by atoms with van der Waals surface area (Å²) in [6, 6.07) is 4.56. The number of carbonyl (C=O) groups excluding carboxylic acids is 1. The Bertz CT molecular complexity index is 562. The predicted molar refractivity (Wildman–Crippen MR) is 84.9 cm³/mol. The third-order valence-electron chi connectivity index (χ3n) is 4.26. The molecule has 0 aliphatic carbocycles. The van der Waals surface area contributed by atoms with Gasteiger partial charge in [-0.05, 0) is 37.9 Å². The summed E-state index contributed by atoms with van der Waals surface area (Å²) in [6.07, 6.45) is 1.72. The molecule has 1 aromatic rings. The van der Waals surface area contributed by atoms with Crippen molar-refractivity contribution in [2.75, 3.05) is 26.2 Å². The summed E-state index contributed by atoms with van der Waals surface area (Å²) < 4.78 is 1.30. The van der Waals surface area contributed by atoms with Gasteiger partial charge in [0.25, 0.3) is 11.5 Å². The number of β-amino-alcohol motifs (C(OH)–C–C–N with tert-alkyl or cyclic N) is 1. The molecule has 0 saturated carbocycles. The highest BCUT2D eigenvalue weighted by Crippen LogP contribution is 2.15. The number of aromatic nitrogens is 1. The fraction of sp³-hybridized carbons (Fsp3) is 0.625. The minimum absolute atomic E-state index is 0.188. The van der Waals surface area contributed by atoms with Crippen LogP contribution in [0.4, 0.5) is 0 Å². The van der Waals surface area contributed by atoms with Gasteiger partial charge in [0.1, 0.15) is 5.69 Å². The van der Waals surface area contributed by atoms with Crippen LogP contribution in [0.15, 0.2) is 23.0 Å². The topological polar surface area (TPSA) is 74.6 Å². The molecule has 1 amide bonds. The van der Waals surface area contributed by atoms with E-state index >= 15 is 0 Å². The monoisotopic (exact) mass is 307 g/mol. The third-order valence-corrected chi connectivity index (χ3v) is 4.26. The summed E-state index contributed by atoms with van der Waals surface area (Å²) in [7, 11) is 1.56. The van der Waals surface area contributed by atoms with E-state index in [1.807, 2.05) is 0 Å². The molecule has 122 valence electrons. The van der Waals surface area contributed by atoms with Crippen molar-refractivity contribution in [2.24, 2.45) is 13.0 Å². The molecule has 1 fully saturated rings. The quantitative estimate of drug-likeness (QED) is 0.815. The molecule has 1 atom stereocenters. The smallest absolute Gasteiger partial charge is 0.268 e. The van der Waals surface area contributed by atoms with Crippen LogP contribution in [-0.2, 0) is 7.05 Å². The maximum Gasteiger partial charge on any atom is 0.268 e. The van der Waals surface area contributed by atoms with Crippen molar-refractivity contribution < 1.29 is 9.90 Å². The van der Waals surface area contributed by atoms with E-state index in [0.717, 1.165) is 31.8 Å². The highest BCUT2D eigenvalue weighted by molar-refractivity contribution is 5.92. The molecule has 1 saturated heterocycles. The summed E-state index contributed by atoms with van der Waals surface area (Å²) in [4.78, 5) is 25.8. The number of piperidine rings is 1. The molecule has 22 heavy (non-hydrogen) atoms. The largest absolute Gasteiger partial charge is 0.390 e. The van der Waals surface area contributed by atoms with Gasteiger partial charge < -0.3 is 19.9 Å².